The predicted octanol–water partition coefficient (Wildman–Crippen LogP) is 8.21. The zero-order valence-corrected chi connectivity index (χ0v) is 21.9. The van der Waals surface area contributed by atoms with Crippen molar-refractivity contribution in [3.63, 3.8) is 0 Å². The molecule has 4 aromatic rings. The summed E-state index contributed by atoms with van der Waals surface area (Å²) >= 11 is 13.0. The first-order valence-electron chi connectivity index (χ1n) is 12.5. The fraction of sp³-hybridized carbons (Fsp3) is 0.125. The molecule has 6 rings (SSSR count). The summed E-state index contributed by atoms with van der Waals surface area (Å²) in [6, 6.07) is 31.4. The Kier molecular flexibility index (Phi) is 6.52. The lowest BCUT2D eigenvalue weighted by molar-refractivity contribution is -0.116. The van der Waals surface area contributed by atoms with Crippen molar-refractivity contribution >= 4 is 46.3 Å². The van der Waals surface area contributed by atoms with E-state index >= 15 is 0 Å². The van der Waals surface area contributed by atoms with Crippen LogP contribution in [-0.2, 0) is 4.79 Å². The minimum atomic E-state index is -0.733. The van der Waals surface area contributed by atoms with Crippen LogP contribution < -0.4 is 10.2 Å². The van der Waals surface area contributed by atoms with Crippen molar-refractivity contribution < 1.29 is 9.59 Å². The molecule has 0 spiro atoms. The zero-order valence-electron chi connectivity index (χ0n) is 20.4. The number of amides is 1. The summed E-state index contributed by atoms with van der Waals surface area (Å²) in [7, 11) is 0. The smallest absolute Gasteiger partial charge is 0.259 e. The van der Waals surface area contributed by atoms with E-state index in [1.165, 1.54) is 0 Å². The SMILES string of the molecule is O=C1CC(c2ccccc2)CC2=C1C(c1ccc(Cl)cc1Cl)N(C(=O)c1ccccc1)c1ccccc1N2. The standard InChI is InChI=1S/C32H24Cl2N2O2/c33-23-15-16-24(25(34)19-23)31-30-27(17-22(18-29(30)37)20-9-3-1-4-10-20)35-26-13-7-8-14-28(26)36(31)32(38)21-11-5-2-6-12-21/h1-16,19,22,31,35H,17-18H2. The van der Waals surface area contributed by atoms with E-state index in [0.717, 1.165) is 16.9 Å². The second-order valence-electron chi connectivity index (χ2n) is 9.58. The van der Waals surface area contributed by atoms with Gasteiger partial charge < -0.3 is 5.32 Å². The number of nitrogens with zero attached hydrogens (tertiary/aromatic N) is 1. The summed E-state index contributed by atoms with van der Waals surface area (Å²) in [5, 5.41) is 4.44. The molecular formula is C32H24Cl2N2O2. The molecule has 4 aromatic carbocycles. The van der Waals surface area contributed by atoms with Crippen LogP contribution in [0.1, 0.15) is 46.3 Å². The zero-order chi connectivity index (χ0) is 26.2. The van der Waals surface area contributed by atoms with E-state index in [9.17, 15) is 9.59 Å². The van der Waals surface area contributed by atoms with Gasteiger partial charge >= 0.3 is 0 Å². The van der Waals surface area contributed by atoms with E-state index in [0.29, 0.717) is 45.3 Å². The van der Waals surface area contributed by atoms with Gasteiger partial charge in [0, 0.05) is 33.3 Å². The summed E-state index contributed by atoms with van der Waals surface area (Å²) in [5.41, 5.74) is 5.09. The van der Waals surface area contributed by atoms with Gasteiger partial charge in [-0.15, -0.1) is 0 Å². The maximum absolute atomic E-state index is 14.2. The Labute approximate surface area is 231 Å². The molecule has 0 bridgehead atoms. The number of hydrogen-bond donors (Lipinski definition) is 1. The van der Waals surface area contributed by atoms with E-state index in [1.807, 2.05) is 66.7 Å². The molecule has 2 atom stereocenters. The number of halogens is 2. The van der Waals surface area contributed by atoms with Gasteiger partial charge in [-0.25, -0.2) is 0 Å². The van der Waals surface area contributed by atoms with E-state index in [1.54, 1.807) is 29.2 Å². The first-order valence-corrected chi connectivity index (χ1v) is 13.3. The van der Waals surface area contributed by atoms with Crippen LogP contribution in [0.2, 0.25) is 10.0 Å². The second kappa shape index (κ2) is 10.1. The summed E-state index contributed by atoms with van der Waals surface area (Å²) in [4.78, 5) is 30.0. The molecule has 188 valence electrons. The molecule has 6 heteroatoms. The highest BCUT2D eigenvalue weighted by molar-refractivity contribution is 6.35. The molecule has 4 nitrogen and oxygen atoms in total. The molecule has 1 heterocycles. The summed E-state index contributed by atoms with van der Waals surface area (Å²) in [5.74, 6) is -0.204. The van der Waals surface area contributed by atoms with Crippen molar-refractivity contribution in [2.45, 2.75) is 24.8 Å². The molecule has 0 radical (unpaired) electrons. The average Bonchev–Trinajstić information content (AvgIpc) is 3.08. The third-order valence-corrected chi connectivity index (χ3v) is 7.82. The van der Waals surface area contributed by atoms with Gasteiger partial charge in [-0.1, -0.05) is 89.9 Å². The fourth-order valence-corrected chi connectivity index (χ4v) is 6.02. The Morgan fingerprint density at radius 3 is 2.24 bits per heavy atom. The fourth-order valence-electron chi connectivity index (χ4n) is 5.51. The highest BCUT2D eigenvalue weighted by atomic mass is 35.5. The predicted molar refractivity (Wildman–Crippen MR) is 153 cm³/mol. The molecule has 0 saturated carbocycles. The van der Waals surface area contributed by atoms with Gasteiger partial charge in [0.05, 0.1) is 17.4 Å². The third kappa shape index (κ3) is 4.40. The van der Waals surface area contributed by atoms with Crippen LogP contribution >= 0.6 is 23.2 Å². The van der Waals surface area contributed by atoms with Crippen LogP contribution in [0.15, 0.2) is 114 Å². The number of benzene rings is 4. The molecule has 2 unspecified atom stereocenters. The number of fused-ring (bicyclic) bond motifs is 1. The number of hydrogen-bond acceptors (Lipinski definition) is 3. The molecule has 1 aliphatic carbocycles. The van der Waals surface area contributed by atoms with E-state index in [4.69, 9.17) is 23.2 Å². The number of nitrogens with one attached hydrogen (secondary N) is 1. The molecule has 0 fully saturated rings. The Morgan fingerprint density at radius 2 is 1.50 bits per heavy atom. The quantitative estimate of drug-likeness (QED) is 0.286. The van der Waals surface area contributed by atoms with Crippen molar-refractivity contribution in [3.05, 3.63) is 141 Å². The van der Waals surface area contributed by atoms with Crippen molar-refractivity contribution in [3.8, 4) is 0 Å². The first-order chi connectivity index (χ1) is 18.5. The van der Waals surface area contributed by atoms with E-state index in [-0.39, 0.29) is 17.6 Å². The number of rotatable bonds is 3. The monoisotopic (exact) mass is 538 g/mol. The summed E-state index contributed by atoms with van der Waals surface area (Å²) < 4.78 is 0. The highest BCUT2D eigenvalue weighted by Crippen LogP contribution is 2.49. The Morgan fingerprint density at radius 1 is 0.816 bits per heavy atom. The molecule has 0 aromatic heterocycles. The number of carbonyl (C=O) groups is 2. The molecular weight excluding hydrogens is 515 g/mol. The lowest BCUT2D eigenvalue weighted by Gasteiger charge is -2.35. The highest BCUT2D eigenvalue weighted by Gasteiger charge is 2.42. The summed E-state index contributed by atoms with van der Waals surface area (Å²) in [6.07, 6.45) is 0.977. The maximum atomic E-state index is 14.2. The maximum Gasteiger partial charge on any atom is 0.259 e. The van der Waals surface area contributed by atoms with Gasteiger partial charge in [-0.05, 0) is 59.9 Å². The number of anilines is 2. The van der Waals surface area contributed by atoms with Gasteiger partial charge in [0.1, 0.15) is 0 Å². The third-order valence-electron chi connectivity index (χ3n) is 7.26. The summed E-state index contributed by atoms with van der Waals surface area (Å²) in [6.45, 7) is 0. The molecule has 1 aliphatic heterocycles. The van der Waals surface area contributed by atoms with Crippen molar-refractivity contribution in [1.82, 2.24) is 0 Å². The number of carbonyl (C=O) groups excluding carboxylic acids is 2. The number of ketones is 1. The van der Waals surface area contributed by atoms with Crippen LogP contribution in [-0.4, -0.2) is 11.7 Å². The van der Waals surface area contributed by atoms with Gasteiger partial charge in [-0.3, -0.25) is 14.5 Å². The van der Waals surface area contributed by atoms with Crippen LogP contribution in [0, 0.1) is 0 Å². The van der Waals surface area contributed by atoms with E-state index < -0.39 is 6.04 Å². The van der Waals surface area contributed by atoms with Gasteiger partial charge in [-0.2, -0.15) is 0 Å². The van der Waals surface area contributed by atoms with Crippen molar-refractivity contribution in [2.75, 3.05) is 10.2 Å². The molecule has 38 heavy (non-hydrogen) atoms. The van der Waals surface area contributed by atoms with Gasteiger partial charge in [0.15, 0.2) is 5.78 Å². The van der Waals surface area contributed by atoms with Gasteiger partial charge in [0.2, 0.25) is 0 Å². The number of Topliss-reactive ketones (excluding diaryl/α,β-unsaturated/α-hetero) is 1. The first kappa shape index (κ1) is 24.5. The second-order valence-corrected chi connectivity index (χ2v) is 10.4. The van der Waals surface area contributed by atoms with Gasteiger partial charge in [0.25, 0.3) is 5.91 Å². The minimum Gasteiger partial charge on any atom is -0.357 e. The van der Waals surface area contributed by atoms with Crippen LogP contribution in [0.3, 0.4) is 0 Å². The van der Waals surface area contributed by atoms with Crippen molar-refractivity contribution in [1.29, 1.82) is 0 Å². The Bertz CT molecular complexity index is 1570. The normalized spacial score (nSPS) is 18.8. The molecule has 0 saturated heterocycles. The average molecular weight is 539 g/mol. The number of para-hydroxylation sites is 2. The topological polar surface area (TPSA) is 49.4 Å². The largest absolute Gasteiger partial charge is 0.357 e. The van der Waals surface area contributed by atoms with Crippen LogP contribution in [0.4, 0.5) is 11.4 Å². The van der Waals surface area contributed by atoms with E-state index in [2.05, 4.69) is 17.4 Å². The van der Waals surface area contributed by atoms with Crippen LogP contribution in [0.5, 0.6) is 0 Å². The van der Waals surface area contributed by atoms with Crippen LogP contribution in [0.25, 0.3) is 0 Å². The lowest BCUT2D eigenvalue weighted by atomic mass is 9.78. The number of allylic oxidation sites excluding steroid dienone is 1. The minimum absolute atomic E-state index is 0.0118. The molecule has 1 N–H and O–H groups in total. The van der Waals surface area contributed by atoms with Crippen molar-refractivity contribution in [2.24, 2.45) is 0 Å². The Balaban J connectivity index is 1.59. The lowest BCUT2D eigenvalue weighted by Crippen LogP contribution is -2.38. The molecule has 1 amide bonds. The molecule has 2 aliphatic rings. The Hall–Kier alpha value is -3.86.